The van der Waals surface area contributed by atoms with Gasteiger partial charge in [-0.1, -0.05) is 12.1 Å². The van der Waals surface area contributed by atoms with E-state index in [-0.39, 0.29) is 24.1 Å². The molecule has 8 heteroatoms. The minimum absolute atomic E-state index is 0.00155. The van der Waals surface area contributed by atoms with E-state index in [1.807, 2.05) is 35.2 Å². The third kappa shape index (κ3) is 4.68. The van der Waals surface area contributed by atoms with Crippen molar-refractivity contribution in [3.63, 3.8) is 0 Å². The van der Waals surface area contributed by atoms with Crippen molar-refractivity contribution < 1.29 is 18.8 Å². The first-order valence-electron chi connectivity index (χ1n) is 11.6. The first-order valence-corrected chi connectivity index (χ1v) is 11.6. The van der Waals surface area contributed by atoms with Crippen LogP contribution in [0.3, 0.4) is 0 Å². The number of allylic oxidation sites excluding steroid dienone is 1. The van der Waals surface area contributed by atoms with Crippen LogP contribution in [0.5, 0.6) is 0 Å². The maximum absolute atomic E-state index is 13.2. The maximum atomic E-state index is 13.2. The van der Waals surface area contributed by atoms with Crippen molar-refractivity contribution in [3.8, 4) is 0 Å². The summed E-state index contributed by atoms with van der Waals surface area (Å²) in [4.78, 5) is 39.6. The Morgan fingerprint density at radius 3 is 2.46 bits per heavy atom. The highest BCUT2D eigenvalue weighted by Crippen LogP contribution is 2.44. The second kappa shape index (κ2) is 9.50. The fourth-order valence-corrected chi connectivity index (χ4v) is 4.71. The Morgan fingerprint density at radius 1 is 1.00 bits per heavy atom. The maximum Gasteiger partial charge on any atom is 0.243 e. The van der Waals surface area contributed by atoms with Gasteiger partial charge >= 0.3 is 0 Å². The average Bonchev–Trinajstić information content (AvgIpc) is 3.32. The number of carbonyl (C=O) groups excluding carboxylic acids is 3. The molecule has 0 saturated carbocycles. The number of nitrogens with one attached hydrogen (secondary N) is 3. The quantitative estimate of drug-likeness (QED) is 0.492. The van der Waals surface area contributed by atoms with Crippen molar-refractivity contribution in [2.24, 2.45) is 0 Å². The Morgan fingerprint density at radius 2 is 1.74 bits per heavy atom. The summed E-state index contributed by atoms with van der Waals surface area (Å²) in [6, 6.07) is 17.8. The summed E-state index contributed by atoms with van der Waals surface area (Å²) in [6.45, 7) is 1.44. The Balaban J connectivity index is 1.49. The molecule has 0 unspecified atom stereocenters. The lowest BCUT2D eigenvalue weighted by Crippen LogP contribution is -2.38. The number of fused-ring (bicyclic) bond motifs is 1. The molecule has 2 aromatic carbocycles. The van der Waals surface area contributed by atoms with Crippen molar-refractivity contribution in [1.29, 1.82) is 0 Å². The molecule has 2 amide bonds. The van der Waals surface area contributed by atoms with Crippen molar-refractivity contribution in [3.05, 3.63) is 84.0 Å². The molecule has 1 aliphatic carbocycles. The second-order valence-electron chi connectivity index (χ2n) is 8.66. The smallest absolute Gasteiger partial charge is 0.243 e. The largest absolute Gasteiger partial charge is 0.467 e. The van der Waals surface area contributed by atoms with E-state index in [4.69, 9.17) is 4.42 Å². The normalized spacial score (nSPS) is 17.1. The third-order valence-corrected chi connectivity index (χ3v) is 6.16. The van der Waals surface area contributed by atoms with E-state index in [9.17, 15) is 14.4 Å². The van der Waals surface area contributed by atoms with Crippen molar-refractivity contribution in [1.82, 2.24) is 0 Å². The van der Waals surface area contributed by atoms with Crippen LogP contribution >= 0.6 is 0 Å². The molecule has 0 saturated heterocycles. The number of benzene rings is 2. The molecule has 5 rings (SSSR count). The second-order valence-corrected chi connectivity index (χ2v) is 8.66. The molecule has 2 aliphatic rings. The SMILES string of the molecule is CC(=O)Nc1ccc(NC(=O)CN2c3ccccc3NC3=C(C(=O)CCC3)[C@H]2c2ccco2)cc1. The van der Waals surface area contributed by atoms with Crippen LogP contribution in [-0.2, 0) is 14.4 Å². The van der Waals surface area contributed by atoms with Crippen molar-refractivity contribution in [2.75, 3.05) is 27.4 Å². The van der Waals surface area contributed by atoms with Gasteiger partial charge in [0.1, 0.15) is 11.8 Å². The number of carbonyl (C=O) groups is 3. The van der Waals surface area contributed by atoms with Gasteiger partial charge in [0.2, 0.25) is 11.8 Å². The van der Waals surface area contributed by atoms with Crippen LogP contribution < -0.4 is 20.9 Å². The van der Waals surface area contributed by atoms with E-state index in [1.165, 1.54) is 6.92 Å². The van der Waals surface area contributed by atoms with Crippen molar-refractivity contribution >= 4 is 40.3 Å². The van der Waals surface area contributed by atoms with Crippen LogP contribution in [0.2, 0.25) is 0 Å². The topological polar surface area (TPSA) is 104 Å². The zero-order chi connectivity index (χ0) is 24.4. The molecule has 0 bridgehead atoms. The van der Waals surface area contributed by atoms with Crippen LogP contribution in [0, 0.1) is 0 Å². The van der Waals surface area contributed by atoms with E-state index >= 15 is 0 Å². The van der Waals surface area contributed by atoms with Gasteiger partial charge in [-0.3, -0.25) is 14.4 Å². The van der Waals surface area contributed by atoms with E-state index in [0.717, 1.165) is 29.9 Å². The first kappa shape index (κ1) is 22.5. The summed E-state index contributed by atoms with van der Waals surface area (Å²) in [5.41, 5.74) is 4.44. The highest BCUT2D eigenvalue weighted by Gasteiger charge is 2.38. The number of amides is 2. The summed E-state index contributed by atoms with van der Waals surface area (Å²) in [5, 5.41) is 9.10. The van der Waals surface area contributed by atoms with Crippen molar-refractivity contribution in [2.45, 2.75) is 32.2 Å². The molecular formula is C27H26N4O4. The van der Waals surface area contributed by atoms with Gasteiger partial charge in [0.05, 0.1) is 24.2 Å². The van der Waals surface area contributed by atoms with Crippen LogP contribution in [0.4, 0.5) is 22.7 Å². The lowest BCUT2D eigenvalue weighted by atomic mass is 9.88. The van der Waals surface area contributed by atoms with Crippen LogP contribution in [-0.4, -0.2) is 24.1 Å². The fourth-order valence-electron chi connectivity index (χ4n) is 4.71. The van der Waals surface area contributed by atoms with Gasteiger partial charge in [-0.2, -0.15) is 0 Å². The molecule has 0 radical (unpaired) electrons. The van der Waals surface area contributed by atoms with Gasteiger partial charge in [0.25, 0.3) is 0 Å². The molecule has 1 aromatic heterocycles. The number of anilines is 4. The Hall–Kier alpha value is -4.33. The Kier molecular flexibility index (Phi) is 6.10. The van der Waals surface area contributed by atoms with Gasteiger partial charge in [-0.15, -0.1) is 0 Å². The average molecular weight is 471 g/mol. The lowest BCUT2D eigenvalue weighted by molar-refractivity contribution is -0.117. The number of hydrogen-bond acceptors (Lipinski definition) is 6. The molecule has 35 heavy (non-hydrogen) atoms. The zero-order valence-electron chi connectivity index (χ0n) is 19.3. The van der Waals surface area contributed by atoms with E-state index in [1.54, 1.807) is 36.6 Å². The molecule has 1 aliphatic heterocycles. The van der Waals surface area contributed by atoms with Gasteiger partial charge in [-0.05, 0) is 61.4 Å². The molecule has 0 spiro atoms. The number of ketones is 1. The number of Topliss-reactive ketones (excluding diaryl/α,β-unsaturated/α-hetero) is 1. The molecule has 178 valence electrons. The third-order valence-electron chi connectivity index (χ3n) is 6.16. The van der Waals surface area contributed by atoms with Gasteiger partial charge in [0, 0.05) is 36.0 Å². The number of para-hydroxylation sites is 2. The fraction of sp³-hybridized carbons (Fsp3) is 0.222. The number of hydrogen-bond donors (Lipinski definition) is 3. The van der Waals surface area contributed by atoms with E-state index in [0.29, 0.717) is 29.1 Å². The van der Waals surface area contributed by atoms with Crippen LogP contribution in [0.25, 0.3) is 0 Å². The summed E-state index contributed by atoms with van der Waals surface area (Å²) >= 11 is 0. The summed E-state index contributed by atoms with van der Waals surface area (Å²) in [6.07, 6.45) is 3.59. The predicted octanol–water partition coefficient (Wildman–Crippen LogP) is 4.86. The number of nitrogens with zero attached hydrogens (tertiary/aromatic N) is 1. The van der Waals surface area contributed by atoms with E-state index < -0.39 is 6.04 Å². The lowest BCUT2D eigenvalue weighted by Gasteiger charge is -2.33. The summed E-state index contributed by atoms with van der Waals surface area (Å²) in [5.74, 6) is 0.270. The molecule has 1 atom stereocenters. The highest BCUT2D eigenvalue weighted by molar-refractivity contribution is 6.02. The molecule has 2 heterocycles. The predicted molar refractivity (Wildman–Crippen MR) is 134 cm³/mol. The summed E-state index contributed by atoms with van der Waals surface area (Å²) in [7, 11) is 0. The molecular weight excluding hydrogens is 444 g/mol. The molecule has 0 fully saturated rings. The first-order chi connectivity index (χ1) is 17.0. The number of furan rings is 1. The van der Waals surface area contributed by atoms with Gasteiger partial charge in [0.15, 0.2) is 5.78 Å². The molecule has 3 aromatic rings. The Labute approximate surface area is 203 Å². The van der Waals surface area contributed by atoms with Gasteiger partial charge in [-0.25, -0.2) is 0 Å². The van der Waals surface area contributed by atoms with Crippen LogP contribution in [0.15, 0.2) is 82.6 Å². The number of rotatable bonds is 5. The highest BCUT2D eigenvalue weighted by atomic mass is 16.3. The van der Waals surface area contributed by atoms with E-state index in [2.05, 4.69) is 16.0 Å². The monoisotopic (exact) mass is 470 g/mol. The zero-order valence-corrected chi connectivity index (χ0v) is 19.3. The van der Waals surface area contributed by atoms with Crippen LogP contribution in [0.1, 0.15) is 38.0 Å². The Bertz CT molecular complexity index is 1290. The molecule has 8 nitrogen and oxygen atoms in total. The van der Waals surface area contributed by atoms with Gasteiger partial charge < -0.3 is 25.3 Å². The minimum atomic E-state index is -0.531. The summed E-state index contributed by atoms with van der Waals surface area (Å²) < 4.78 is 5.79. The molecule has 3 N–H and O–H groups in total. The standard InChI is InChI=1S/C27H26N4O4/c1-17(32)28-18-11-13-19(14-12-18)29-25(34)16-31-22-8-3-2-6-20(22)30-21-7-4-9-23(33)26(21)27(31)24-10-5-15-35-24/h2-3,5-6,8,10-15,27,30H,4,7,9,16H2,1H3,(H,28,32)(H,29,34)/t27-/m1/s1. The minimum Gasteiger partial charge on any atom is -0.467 e.